The highest BCUT2D eigenvalue weighted by molar-refractivity contribution is 7.92. The van der Waals surface area contributed by atoms with E-state index in [-0.39, 0.29) is 11.8 Å². The number of carbonyl (C=O) groups excluding carboxylic acids is 2. The average Bonchev–Trinajstić information content (AvgIpc) is 3.25. The van der Waals surface area contributed by atoms with Crippen molar-refractivity contribution in [2.24, 2.45) is 0 Å². The molecule has 1 N–H and O–H groups in total. The first-order chi connectivity index (χ1) is 13.3. The minimum Gasteiger partial charge on any atom is -0.378 e. The number of ether oxygens (including phenoxy) is 1. The second-order valence-electron chi connectivity index (χ2n) is 6.59. The molecule has 11 heteroatoms. The SMILES string of the molecule is C[C@@H](C(=O)N1CCOCC1)N1CCC(NS(=O)(=O)/C=C/c2ccc(Cl)s2)C1=O. The molecule has 2 aliphatic heterocycles. The Kier molecular flexibility index (Phi) is 6.77. The van der Waals surface area contributed by atoms with Gasteiger partial charge in [-0.25, -0.2) is 8.42 Å². The summed E-state index contributed by atoms with van der Waals surface area (Å²) >= 11 is 7.08. The fourth-order valence-corrected chi connectivity index (χ4v) is 5.26. The molecule has 2 aliphatic rings. The van der Waals surface area contributed by atoms with Crippen molar-refractivity contribution in [1.82, 2.24) is 14.5 Å². The molecule has 2 fully saturated rings. The van der Waals surface area contributed by atoms with Gasteiger partial charge in [0.15, 0.2) is 0 Å². The fraction of sp³-hybridized carbons (Fsp3) is 0.529. The molecule has 154 valence electrons. The minimum absolute atomic E-state index is 0.144. The monoisotopic (exact) mass is 447 g/mol. The third-order valence-electron chi connectivity index (χ3n) is 4.70. The normalized spacial score (nSPS) is 22.2. The van der Waals surface area contributed by atoms with Crippen molar-refractivity contribution >= 4 is 50.9 Å². The highest BCUT2D eigenvalue weighted by atomic mass is 35.5. The van der Waals surface area contributed by atoms with E-state index in [2.05, 4.69) is 4.72 Å². The van der Waals surface area contributed by atoms with E-state index in [1.165, 1.54) is 22.3 Å². The van der Waals surface area contributed by atoms with Gasteiger partial charge < -0.3 is 14.5 Å². The van der Waals surface area contributed by atoms with Gasteiger partial charge in [0, 0.05) is 29.9 Å². The van der Waals surface area contributed by atoms with Gasteiger partial charge in [-0.15, -0.1) is 11.3 Å². The van der Waals surface area contributed by atoms with Gasteiger partial charge in [0.2, 0.25) is 21.8 Å². The van der Waals surface area contributed by atoms with Crippen LogP contribution < -0.4 is 4.72 Å². The Morgan fingerprint density at radius 2 is 2.07 bits per heavy atom. The van der Waals surface area contributed by atoms with E-state index in [0.29, 0.717) is 48.5 Å². The molecule has 3 heterocycles. The fourth-order valence-electron chi connectivity index (χ4n) is 3.19. The number of sulfonamides is 1. The number of rotatable bonds is 6. The molecule has 1 aromatic heterocycles. The first-order valence-corrected chi connectivity index (χ1v) is 11.6. The van der Waals surface area contributed by atoms with Crippen LogP contribution in [0, 0.1) is 0 Å². The smallest absolute Gasteiger partial charge is 0.245 e. The number of nitrogens with one attached hydrogen (secondary N) is 1. The Bertz CT molecular complexity index is 864. The molecule has 2 amide bonds. The quantitative estimate of drug-likeness (QED) is 0.705. The van der Waals surface area contributed by atoms with E-state index >= 15 is 0 Å². The van der Waals surface area contributed by atoms with Crippen LogP contribution in [0.1, 0.15) is 18.2 Å². The summed E-state index contributed by atoms with van der Waals surface area (Å²) in [5, 5.41) is 1.02. The first kappa shape index (κ1) is 21.3. The molecular formula is C17H22ClN3O5S2. The largest absolute Gasteiger partial charge is 0.378 e. The topological polar surface area (TPSA) is 96.0 Å². The maximum absolute atomic E-state index is 12.7. The maximum atomic E-state index is 12.7. The Hall–Kier alpha value is -1.46. The molecule has 0 aromatic carbocycles. The lowest BCUT2D eigenvalue weighted by atomic mass is 10.2. The molecule has 0 bridgehead atoms. The minimum atomic E-state index is -3.80. The van der Waals surface area contributed by atoms with Crippen molar-refractivity contribution in [3.05, 3.63) is 26.8 Å². The molecule has 0 aliphatic carbocycles. The van der Waals surface area contributed by atoms with Crippen molar-refractivity contribution in [3.8, 4) is 0 Å². The molecule has 8 nitrogen and oxygen atoms in total. The Morgan fingerprint density at radius 3 is 2.71 bits per heavy atom. The molecule has 1 unspecified atom stereocenters. The van der Waals surface area contributed by atoms with Crippen molar-refractivity contribution in [2.75, 3.05) is 32.8 Å². The lowest BCUT2D eigenvalue weighted by Crippen LogP contribution is -2.52. The van der Waals surface area contributed by atoms with E-state index in [1.54, 1.807) is 24.0 Å². The standard InChI is InChI=1S/C17H22ClN3O5S2/c1-12(16(22)20-7-9-26-10-8-20)21-6-4-14(17(21)23)19-28(24,25)11-5-13-2-3-15(18)27-13/h2-3,5,11-12,14,19H,4,6-10H2,1H3/b11-5+/t12-,14?/m0/s1. The summed E-state index contributed by atoms with van der Waals surface area (Å²) in [7, 11) is -3.80. The van der Waals surface area contributed by atoms with Crippen LogP contribution in [0.4, 0.5) is 0 Å². The lowest BCUT2D eigenvalue weighted by Gasteiger charge is -2.32. The molecule has 0 radical (unpaired) electrons. The third kappa shape index (κ3) is 5.12. The predicted octanol–water partition coefficient (Wildman–Crippen LogP) is 1.14. The highest BCUT2D eigenvalue weighted by Gasteiger charge is 2.39. The van der Waals surface area contributed by atoms with Gasteiger partial charge in [-0.2, -0.15) is 4.72 Å². The van der Waals surface area contributed by atoms with Gasteiger partial charge in [-0.05, 0) is 31.6 Å². The number of amides is 2. The molecule has 28 heavy (non-hydrogen) atoms. The number of nitrogens with zero attached hydrogens (tertiary/aromatic N) is 2. The summed E-state index contributed by atoms with van der Waals surface area (Å²) in [4.78, 5) is 29.1. The van der Waals surface area contributed by atoms with Crippen molar-refractivity contribution in [1.29, 1.82) is 0 Å². The molecule has 2 saturated heterocycles. The Morgan fingerprint density at radius 1 is 1.36 bits per heavy atom. The van der Waals surface area contributed by atoms with Crippen molar-refractivity contribution in [3.63, 3.8) is 0 Å². The van der Waals surface area contributed by atoms with E-state index in [4.69, 9.17) is 16.3 Å². The zero-order chi connectivity index (χ0) is 20.3. The average molecular weight is 448 g/mol. The van der Waals surface area contributed by atoms with Gasteiger partial charge in [-0.1, -0.05) is 11.6 Å². The van der Waals surface area contributed by atoms with Gasteiger partial charge in [0.25, 0.3) is 0 Å². The van der Waals surface area contributed by atoms with E-state index < -0.39 is 22.1 Å². The van der Waals surface area contributed by atoms with Gasteiger partial charge in [0.1, 0.15) is 12.1 Å². The van der Waals surface area contributed by atoms with E-state index in [0.717, 1.165) is 5.41 Å². The zero-order valence-corrected chi connectivity index (χ0v) is 17.7. The van der Waals surface area contributed by atoms with Crippen LogP contribution in [-0.2, 0) is 24.3 Å². The molecule has 2 atom stereocenters. The summed E-state index contributed by atoms with van der Waals surface area (Å²) in [6, 6.07) is 1.88. The first-order valence-electron chi connectivity index (χ1n) is 8.89. The number of halogens is 1. The van der Waals surface area contributed by atoms with Crippen LogP contribution in [0.3, 0.4) is 0 Å². The predicted molar refractivity (Wildman–Crippen MR) is 107 cm³/mol. The number of thiophene rings is 1. The van der Waals surface area contributed by atoms with E-state index in [1.807, 2.05) is 0 Å². The number of morpholine rings is 1. The second kappa shape index (κ2) is 8.91. The number of carbonyl (C=O) groups is 2. The van der Waals surface area contributed by atoms with Crippen LogP contribution in [0.2, 0.25) is 4.34 Å². The number of likely N-dealkylation sites (tertiary alicyclic amines) is 1. The molecule has 1 aromatic rings. The summed E-state index contributed by atoms with van der Waals surface area (Å²) in [6.07, 6.45) is 1.75. The molecule has 0 saturated carbocycles. The van der Waals surface area contributed by atoms with Crippen molar-refractivity contribution in [2.45, 2.75) is 25.4 Å². The maximum Gasteiger partial charge on any atom is 0.245 e. The van der Waals surface area contributed by atoms with Crippen LogP contribution in [0.25, 0.3) is 6.08 Å². The van der Waals surface area contributed by atoms with E-state index in [9.17, 15) is 18.0 Å². The second-order valence-corrected chi connectivity index (χ2v) is 9.94. The van der Waals surface area contributed by atoms with Gasteiger partial charge in [-0.3, -0.25) is 9.59 Å². The zero-order valence-electron chi connectivity index (χ0n) is 15.3. The van der Waals surface area contributed by atoms with Crippen LogP contribution in [0.15, 0.2) is 17.5 Å². The molecule has 0 spiro atoms. The third-order valence-corrected chi connectivity index (χ3v) is 7.00. The summed E-state index contributed by atoms with van der Waals surface area (Å²) < 4.78 is 32.8. The molecule has 3 rings (SSSR count). The van der Waals surface area contributed by atoms with Crippen LogP contribution in [0.5, 0.6) is 0 Å². The van der Waals surface area contributed by atoms with Gasteiger partial charge >= 0.3 is 0 Å². The summed E-state index contributed by atoms with van der Waals surface area (Å²) in [5.41, 5.74) is 0. The summed E-state index contributed by atoms with van der Waals surface area (Å²) in [6.45, 7) is 3.96. The Labute approximate surface area is 173 Å². The highest BCUT2D eigenvalue weighted by Crippen LogP contribution is 2.23. The number of hydrogen-bond acceptors (Lipinski definition) is 6. The van der Waals surface area contributed by atoms with Gasteiger partial charge in [0.05, 0.1) is 17.6 Å². The summed E-state index contributed by atoms with van der Waals surface area (Å²) in [5.74, 6) is -0.528. The molecular weight excluding hydrogens is 426 g/mol. The lowest BCUT2D eigenvalue weighted by molar-refractivity contribution is -0.146. The van der Waals surface area contributed by atoms with Crippen LogP contribution >= 0.6 is 22.9 Å². The Balaban J connectivity index is 1.59. The van der Waals surface area contributed by atoms with Crippen LogP contribution in [-0.4, -0.2) is 75.0 Å². The number of hydrogen-bond donors (Lipinski definition) is 1. The van der Waals surface area contributed by atoms with Crippen molar-refractivity contribution < 1.29 is 22.7 Å².